The molecule has 0 saturated heterocycles. The van der Waals surface area contributed by atoms with Gasteiger partial charge in [-0.25, -0.2) is 19.6 Å². The van der Waals surface area contributed by atoms with Crippen molar-refractivity contribution in [1.29, 1.82) is 0 Å². The van der Waals surface area contributed by atoms with Crippen LogP contribution >= 0.6 is 0 Å². The van der Waals surface area contributed by atoms with Crippen LogP contribution in [0.15, 0.2) is 103 Å². The first kappa shape index (κ1) is 27.3. The van der Waals surface area contributed by atoms with E-state index in [0.717, 1.165) is 11.1 Å². The van der Waals surface area contributed by atoms with Gasteiger partial charge in [-0.2, -0.15) is 0 Å². The quantitative estimate of drug-likeness (QED) is 0.265. The van der Waals surface area contributed by atoms with Crippen LogP contribution < -0.4 is 21.9 Å². The fraction of sp³-hybridized carbons (Fsp3) is 0.0909. The monoisotopic (exact) mass is 572 g/mol. The Labute approximate surface area is 244 Å². The van der Waals surface area contributed by atoms with Gasteiger partial charge in [0, 0.05) is 36.3 Å². The maximum Gasteiger partial charge on any atom is 0.347 e. The molecule has 10 heteroatoms. The summed E-state index contributed by atoms with van der Waals surface area (Å²) < 4.78 is 11.0. The molecule has 43 heavy (non-hydrogen) atoms. The molecule has 10 nitrogen and oxygen atoms in total. The van der Waals surface area contributed by atoms with Gasteiger partial charge in [-0.1, -0.05) is 12.1 Å². The number of hydrogen-bond acceptors (Lipinski definition) is 8. The van der Waals surface area contributed by atoms with E-state index < -0.39 is 11.3 Å². The normalized spacial score (nSPS) is 11.0. The van der Waals surface area contributed by atoms with Gasteiger partial charge in [0.05, 0.1) is 21.8 Å². The van der Waals surface area contributed by atoms with Crippen molar-refractivity contribution < 1.29 is 18.4 Å². The molecule has 6 rings (SSSR count). The summed E-state index contributed by atoms with van der Waals surface area (Å²) >= 11 is 0. The minimum absolute atomic E-state index is 0.177. The summed E-state index contributed by atoms with van der Waals surface area (Å²) in [4.78, 5) is 57.3. The average Bonchev–Trinajstić information content (AvgIpc) is 2.98. The van der Waals surface area contributed by atoms with Gasteiger partial charge >= 0.3 is 11.3 Å². The van der Waals surface area contributed by atoms with E-state index in [1.54, 1.807) is 72.8 Å². The Hall–Kier alpha value is -5.90. The third kappa shape index (κ3) is 5.94. The zero-order valence-electron chi connectivity index (χ0n) is 23.1. The van der Waals surface area contributed by atoms with Gasteiger partial charge in [0.2, 0.25) is 23.6 Å². The van der Waals surface area contributed by atoms with Crippen molar-refractivity contribution >= 4 is 45.0 Å². The Morgan fingerprint density at radius 3 is 1.37 bits per heavy atom. The van der Waals surface area contributed by atoms with Gasteiger partial charge in [-0.3, -0.25) is 9.59 Å². The highest BCUT2D eigenvalue weighted by Gasteiger charge is 2.13. The van der Waals surface area contributed by atoms with Crippen molar-refractivity contribution in [2.45, 2.75) is 20.3 Å². The number of nitrogens with one attached hydrogen (secondary N) is 2. The number of carbonyl (C=O) groups excluding carboxylic acids is 2. The zero-order valence-corrected chi connectivity index (χ0v) is 23.1. The predicted octanol–water partition coefficient (Wildman–Crippen LogP) is 5.53. The van der Waals surface area contributed by atoms with Gasteiger partial charge in [0.25, 0.3) is 0 Å². The van der Waals surface area contributed by atoms with Crippen LogP contribution in [0.1, 0.15) is 25.0 Å². The van der Waals surface area contributed by atoms with E-state index in [4.69, 9.17) is 8.83 Å². The van der Waals surface area contributed by atoms with Crippen molar-refractivity contribution in [2.24, 2.45) is 0 Å². The first-order chi connectivity index (χ1) is 20.7. The molecular formula is C33H24N4O6. The van der Waals surface area contributed by atoms with Gasteiger partial charge in [0.15, 0.2) is 0 Å². The lowest BCUT2D eigenvalue weighted by atomic mass is 10.0. The highest BCUT2D eigenvalue weighted by atomic mass is 16.4. The van der Waals surface area contributed by atoms with Crippen molar-refractivity contribution in [1.82, 2.24) is 9.97 Å². The first-order valence-corrected chi connectivity index (χ1v) is 13.4. The fourth-order valence-electron chi connectivity index (χ4n) is 4.74. The molecule has 2 aromatic heterocycles. The fourth-order valence-corrected chi connectivity index (χ4v) is 4.74. The van der Waals surface area contributed by atoms with Gasteiger partial charge < -0.3 is 19.5 Å². The van der Waals surface area contributed by atoms with E-state index in [0.29, 0.717) is 50.7 Å². The Balaban J connectivity index is 1.24. The minimum atomic E-state index is -0.520. The van der Waals surface area contributed by atoms with Crippen LogP contribution in [0.4, 0.5) is 11.4 Å². The average molecular weight is 573 g/mol. The van der Waals surface area contributed by atoms with Crippen molar-refractivity contribution in [3.8, 4) is 22.9 Å². The van der Waals surface area contributed by atoms with E-state index in [1.807, 2.05) is 12.1 Å². The topological polar surface area (TPSA) is 144 Å². The molecule has 0 saturated carbocycles. The molecule has 0 radical (unpaired) electrons. The smallest absolute Gasteiger partial charge is 0.347 e. The van der Waals surface area contributed by atoms with Crippen LogP contribution in [-0.4, -0.2) is 21.8 Å². The van der Waals surface area contributed by atoms with Crippen molar-refractivity contribution in [2.75, 3.05) is 10.6 Å². The highest BCUT2D eigenvalue weighted by Crippen LogP contribution is 2.24. The summed E-state index contributed by atoms with van der Waals surface area (Å²) in [6, 6.07) is 24.4. The van der Waals surface area contributed by atoms with Crippen LogP contribution in [0, 0.1) is 0 Å². The summed E-state index contributed by atoms with van der Waals surface area (Å²) in [6.07, 6.45) is 0.448. The molecule has 0 spiro atoms. The van der Waals surface area contributed by atoms with Crippen LogP contribution in [0.3, 0.4) is 0 Å². The Bertz CT molecular complexity index is 1990. The number of rotatable bonds is 6. The molecule has 6 aromatic rings. The SMILES string of the molecule is CC(=O)Nc1ccc(-c2nc3ccc(Cc4ccc5nc(-c6ccc(NC(C)=O)cc6)oc(=O)c5c4)cc3c(=O)o2)cc1. The third-order valence-corrected chi connectivity index (χ3v) is 6.70. The number of benzene rings is 4. The van der Waals surface area contributed by atoms with E-state index in [-0.39, 0.29) is 23.6 Å². The number of nitrogens with zero attached hydrogens (tertiary/aromatic N) is 2. The summed E-state index contributed by atoms with van der Waals surface area (Å²) in [7, 11) is 0. The lowest BCUT2D eigenvalue weighted by Gasteiger charge is -2.07. The minimum Gasteiger partial charge on any atom is -0.403 e. The van der Waals surface area contributed by atoms with E-state index in [9.17, 15) is 19.2 Å². The van der Waals surface area contributed by atoms with Gasteiger partial charge in [0.1, 0.15) is 0 Å². The number of anilines is 2. The zero-order chi connectivity index (χ0) is 30.1. The number of carbonyl (C=O) groups is 2. The lowest BCUT2D eigenvalue weighted by Crippen LogP contribution is -2.06. The lowest BCUT2D eigenvalue weighted by molar-refractivity contribution is -0.115. The molecule has 2 N–H and O–H groups in total. The van der Waals surface area contributed by atoms with Gasteiger partial charge in [-0.05, 0) is 90.3 Å². The number of aromatic nitrogens is 2. The predicted molar refractivity (Wildman–Crippen MR) is 163 cm³/mol. The molecular weight excluding hydrogens is 548 g/mol. The van der Waals surface area contributed by atoms with Gasteiger partial charge in [-0.15, -0.1) is 0 Å². The molecule has 212 valence electrons. The Morgan fingerprint density at radius 2 is 1.00 bits per heavy atom. The summed E-state index contributed by atoms with van der Waals surface area (Å²) in [5.41, 5.74) is 4.06. The Kier molecular flexibility index (Phi) is 7.09. The number of hydrogen-bond donors (Lipinski definition) is 2. The molecule has 4 aromatic carbocycles. The summed E-state index contributed by atoms with van der Waals surface area (Å²) in [6.45, 7) is 2.85. The highest BCUT2D eigenvalue weighted by molar-refractivity contribution is 5.89. The molecule has 0 bridgehead atoms. The second kappa shape index (κ2) is 11.2. The Morgan fingerprint density at radius 1 is 0.605 bits per heavy atom. The largest absolute Gasteiger partial charge is 0.403 e. The van der Waals surface area contributed by atoms with E-state index in [2.05, 4.69) is 20.6 Å². The van der Waals surface area contributed by atoms with Crippen LogP contribution in [0.2, 0.25) is 0 Å². The summed E-state index contributed by atoms with van der Waals surface area (Å²) in [5, 5.41) is 6.06. The van der Waals surface area contributed by atoms with E-state index in [1.165, 1.54) is 13.8 Å². The second-order valence-electron chi connectivity index (χ2n) is 10.0. The molecule has 2 heterocycles. The number of fused-ring (bicyclic) bond motifs is 2. The number of amides is 2. The molecule has 2 amide bonds. The molecule has 0 atom stereocenters. The maximum atomic E-state index is 12.9. The van der Waals surface area contributed by atoms with Crippen molar-refractivity contribution in [3.05, 3.63) is 117 Å². The van der Waals surface area contributed by atoms with Crippen LogP contribution in [-0.2, 0) is 16.0 Å². The summed E-state index contributed by atoms with van der Waals surface area (Å²) in [5.74, 6) is -0.00663. The second-order valence-corrected chi connectivity index (χ2v) is 10.0. The van der Waals surface area contributed by atoms with Crippen LogP contribution in [0.5, 0.6) is 0 Å². The molecule has 0 aliphatic heterocycles. The molecule has 0 aliphatic rings. The maximum absolute atomic E-state index is 12.9. The molecule has 0 fully saturated rings. The molecule has 0 unspecified atom stereocenters. The van der Waals surface area contributed by atoms with Crippen LogP contribution in [0.25, 0.3) is 44.7 Å². The third-order valence-electron chi connectivity index (χ3n) is 6.70. The standard InChI is InChI=1S/C33H24N4O6/c1-18(38)34-24-9-5-22(6-10-24)30-36-28-13-3-20(16-26(28)32(40)42-30)15-21-4-14-29-27(17-21)33(41)43-31(37-29)23-7-11-25(12-8-23)35-19(2)39/h3-14,16-17H,15H2,1-2H3,(H,34,38)(H,35,39). The van der Waals surface area contributed by atoms with E-state index >= 15 is 0 Å². The molecule has 0 aliphatic carbocycles. The first-order valence-electron chi connectivity index (χ1n) is 13.4. The van der Waals surface area contributed by atoms with Crippen molar-refractivity contribution in [3.63, 3.8) is 0 Å².